The molecule has 0 radical (unpaired) electrons. The summed E-state index contributed by atoms with van der Waals surface area (Å²) in [5.74, 6) is -0.141. The van der Waals surface area contributed by atoms with Crippen LogP contribution in [0.2, 0.25) is 0 Å². The lowest BCUT2D eigenvalue weighted by Crippen LogP contribution is -2.34. The van der Waals surface area contributed by atoms with Crippen molar-refractivity contribution in [3.05, 3.63) is 0 Å². The van der Waals surface area contributed by atoms with Crippen LogP contribution in [0.5, 0.6) is 0 Å². The summed E-state index contributed by atoms with van der Waals surface area (Å²) in [5.41, 5.74) is -0.516. The highest BCUT2D eigenvalue weighted by molar-refractivity contribution is 5.69. The summed E-state index contributed by atoms with van der Waals surface area (Å²) in [6, 6.07) is 0. The van der Waals surface area contributed by atoms with Crippen LogP contribution in [0.1, 0.15) is 91.9 Å². The molecule has 60 heavy (non-hydrogen) atoms. The maximum atomic E-state index is 11.8. The molecule has 0 aromatic heterocycles. The van der Waals surface area contributed by atoms with Crippen LogP contribution in [0.25, 0.3) is 0 Å². The molecular formula is C43H85NO16. The molecule has 0 heterocycles. The minimum Gasteiger partial charge on any atom is -0.463 e. The second-order valence-corrected chi connectivity index (χ2v) is 14.6. The van der Waals surface area contributed by atoms with Crippen molar-refractivity contribution in [2.24, 2.45) is 0 Å². The first-order valence-electron chi connectivity index (χ1n) is 22.4. The summed E-state index contributed by atoms with van der Waals surface area (Å²) in [7, 11) is 0. The van der Waals surface area contributed by atoms with E-state index in [0.717, 1.165) is 12.8 Å². The average Bonchev–Trinajstić information content (AvgIpc) is 3.21. The molecule has 0 saturated heterocycles. The predicted octanol–water partition coefficient (Wildman–Crippen LogP) is 5.17. The molecule has 0 bridgehead atoms. The normalized spacial score (nSPS) is 11.7. The van der Waals surface area contributed by atoms with Gasteiger partial charge >= 0.3 is 12.1 Å². The second kappa shape index (κ2) is 48.3. The van der Waals surface area contributed by atoms with Gasteiger partial charge in [-0.25, -0.2) is 4.79 Å². The van der Waals surface area contributed by atoms with E-state index in [1.165, 1.54) is 44.9 Å². The average molecular weight is 872 g/mol. The molecule has 0 fully saturated rings. The summed E-state index contributed by atoms with van der Waals surface area (Å²) < 4.78 is 76.1. The van der Waals surface area contributed by atoms with E-state index >= 15 is 0 Å². The fourth-order valence-corrected chi connectivity index (χ4v) is 4.93. The molecule has 0 aliphatic heterocycles. The fraction of sp³-hybridized carbons (Fsp3) is 0.953. The third-order valence-electron chi connectivity index (χ3n) is 7.98. The van der Waals surface area contributed by atoms with E-state index in [9.17, 15) is 9.59 Å². The maximum Gasteiger partial charge on any atom is 0.407 e. The molecule has 1 N–H and O–H groups in total. The van der Waals surface area contributed by atoms with E-state index in [0.29, 0.717) is 172 Å². The second-order valence-electron chi connectivity index (χ2n) is 14.6. The van der Waals surface area contributed by atoms with Crippen molar-refractivity contribution >= 4 is 12.1 Å². The lowest BCUT2D eigenvalue weighted by atomic mass is 10.1. The van der Waals surface area contributed by atoms with Crippen LogP contribution < -0.4 is 5.32 Å². The van der Waals surface area contributed by atoms with Gasteiger partial charge in [0, 0.05) is 13.0 Å². The highest BCUT2D eigenvalue weighted by Crippen LogP contribution is 2.11. The van der Waals surface area contributed by atoms with E-state index in [-0.39, 0.29) is 12.6 Å². The number of carbonyl (C=O) groups is 2. The van der Waals surface area contributed by atoms with Crippen molar-refractivity contribution in [3.8, 4) is 0 Å². The molecule has 17 heteroatoms. The van der Waals surface area contributed by atoms with Gasteiger partial charge in [-0.1, -0.05) is 58.3 Å². The van der Waals surface area contributed by atoms with Crippen molar-refractivity contribution in [1.29, 1.82) is 0 Å². The van der Waals surface area contributed by atoms with Gasteiger partial charge in [0.25, 0.3) is 0 Å². The molecule has 17 nitrogen and oxygen atoms in total. The number of alkyl carbamates (subject to hydrolysis) is 1. The molecule has 0 atom stereocenters. The van der Waals surface area contributed by atoms with E-state index < -0.39 is 11.7 Å². The SMILES string of the molecule is CCCCCCCCCCCC(=O)OCCOCCOCCOCCOCCOCCOCCOCCOCCOCCOCCOCCOCCNC(=O)OC(C)(C)C. The first kappa shape index (κ1) is 58.3. The molecular weight excluding hydrogens is 786 g/mol. The topological polar surface area (TPSA) is 175 Å². The van der Waals surface area contributed by atoms with Gasteiger partial charge in [0.05, 0.1) is 159 Å². The monoisotopic (exact) mass is 872 g/mol. The third kappa shape index (κ3) is 52.4. The number of nitrogens with one attached hydrogen (secondary N) is 1. The summed E-state index contributed by atoms with van der Waals surface area (Å²) in [4.78, 5) is 23.3. The standard InChI is InChI=1S/C43H85NO16/c1-5-6-7-8-9-10-11-12-13-14-41(45)59-40-39-58-38-37-57-36-35-56-34-33-55-32-31-54-30-29-53-28-27-52-26-25-51-24-23-50-22-21-49-20-19-48-18-17-47-16-15-44-42(46)60-43(2,3)4/h5-40H2,1-4H3,(H,44,46). The quantitative estimate of drug-likeness (QED) is 0.0625. The van der Waals surface area contributed by atoms with Crippen molar-refractivity contribution in [3.63, 3.8) is 0 Å². The molecule has 0 aliphatic rings. The van der Waals surface area contributed by atoms with Gasteiger partial charge < -0.3 is 71.6 Å². The summed E-state index contributed by atoms with van der Waals surface area (Å²) >= 11 is 0. The van der Waals surface area contributed by atoms with Crippen LogP contribution in [0.3, 0.4) is 0 Å². The Bertz CT molecular complexity index is 883. The molecule has 0 spiro atoms. The van der Waals surface area contributed by atoms with Gasteiger partial charge in [-0.05, 0) is 27.2 Å². The minimum atomic E-state index is -0.516. The summed E-state index contributed by atoms with van der Waals surface area (Å²) in [6.45, 7) is 19.6. The smallest absolute Gasteiger partial charge is 0.407 e. The van der Waals surface area contributed by atoms with Gasteiger partial charge in [0.2, 0.25) is 0 Å². The molecule has 0 aromatic rings. The largest absolute Gasteiger partial charge is 0.463 e. The van der Waals surface area contributed by atoms with Gasteiger partial charge in [-0.15, -0.1) is 0 Å². The lowest BCUT2D eigenvalue weighted by molar-refractivity contribution is -0.145. The van der Waals surface area contributed by atoms with Crippen LogP contribution in [0.15, 0.2) is 0 Å². The van der Waals surface area contributed by atoms with Crippen molar-refractivity contribution < 1.29 is 75.9 Å². The Balaban J connectivity index is 3.13. The molecule has 0 rings (SSSR count). The Labute approximate surface area is 362 Å². The zero-order valence-corrected chi connectivity index (χ0v) is 38.0. The third-order valence-corrected chi connectivity index (χ3v) is 7.98. The van der Waals surface area contributed by atoms with Gasteiger partial charge in [-0.3, -0.25) is 4.79 Å². The Hall–Kier alpha value is -1.74. The first-order chi connectivity index (χ1) is 29.3. The van der Waals surface area contributed by atoms with Crippen LogP contribution in [0, 0.1) is 0 Å². The van der Waals surface area contributed by atoms with Crippen LogP contribution >= 0.6 is 0 Å². The van der Waals surface area contributed by atoms with E-state index in [1.807, 2.05) is 20.8 Å². The number of amides is 1. The lowest BCUT2D eigenvalue weighted by Gasteiger charge is -2.19. The number of hydrogen-bond donors (Lipinski definition) is 1. The Morgan fingerprint density at radius 1 is 0.367 bits per heavy atom. The van der Waals surface area contributed by atoms with Gasteiger partial charge in [-0.2, -0.15) is 0 Å². The number of carbonyl (C=O) groups excluding carboxylic acids is 2. The van der Waals surface area contributed by atoms with Crippen molar-refractivity contribution in [1.82, 2.24) is 5.32 Å². The number of unbranched alkanes of at least 4 members (excludes halogenated alkanes) is 8. The number of hydrogen-bond acceptors (Lipinski definition) is 16. The van der Waals surface area contributed by atoms with Gasteiger partial charge in [0.1, 0.15) is 12.2 Å². The van der Waals surface area contributed by atoms with E-state index in [1.54, 1.807) is 0 Å². The van der Waals surface area contributed by atoms with Crippen LogP contribution in [-0.2, 0) is 71.1 Å². The first-order valence-corrected chi connectivity index (χ1v) is 22.4. The van der Waals surface area contributed by atoms with E-state index in [2.05, 4.69) is 12.2 Å². The Morgan fingerprint density at radius 2 is 0.633 bits per heavy atom. The van der Waals surface area contributed by atoms with E-state index in [4.69, 9.17) is 66.3 Å². The number of ether oxygens (including phenoxy) is 14. The molecule has 0 saturated carbocycles. The highest BCUT2D eigenvalue weighted by Gasteiger charge is 2.15. The zero-order chi connectivity index (χ0) is 43.7. The highest BCUT2D eigenvalue weighted by atomic mass is 16.6. The Morgan fingerprint density at radius 3 is 0.933 bits per heavy atom. The predicted molar refractivity (Wildman–Crippen MR) is 227 cm³/mol. The molecule has 0 aliphatic carbocycles. The summed E-state index contributed by atoms with van der Waals surface area (Å²) in [6.07, 6.45) is 11.1. The minimum absolute atomic E-state index is 0.141. The Kier molecular flexibility index (Phi) is 46.9. The maximum absolute atomic E-state index is 11.8. The number of esters is 1. The van der Waals surface area contributed by atoms with Crippen molar-refractivity contribution in [2.75, 3.05) is 172 Å². The van der Waals surface area contributed by atoms with Gasteiger partial charge in [0.15, 0.2) is 0 Å². The zero-order valence-electron chi connectivity index (χ0n) is 38.0. The fourth-order valence-electron chi connectivity index (χ4n) is 4.93. The van der Waals surface area contributed by atoms with Crippen LogP contribution in [-0.4, -0.2) is 189 Å². The molecule has 358 valence electrons. The summed E-state index contributed by atoms with van der Waals surface area (Å²) in [5, 5.41) is 2.63. The number of rotatable bonds is 49. The van der Waals surface area contributed by atoms with Crippen molar-refractivity contribution in [2.45, 2.75) is 97.5 Å². The molecule has 0 aromatic carbocycles. The molecule has 0 unspecified atom stereocenters. The van der Waals surface area contributed by atoms with Crippen LogP contribution in [0.4, 0.5) is 4.79 Å². The molecule has 1 amide bonds.